The van der Waals surface area contributed by atoms with Gasteiger partial charge in [-0.15, -0.1) is 0 Å². The van der Waals surface area contributed by atoms with Crippen molar-refractivity contribution in [3.05, 3.63) is 35.9 Å². The van der Waals surface area contributed by atoms with Gasteiger partial charge in [-0.25, -0.2) is 0 Å². The number of carbonyl (C=O) groups excluding carboxylic acids is 2. The molecule has 0 spiro atoms. The van der Waals surface area contributed by atoms with Gasteiger partial charge >= 0.3 is 0 Å². The quantitative estimate of drug-likeness (QED) is 0.728. The summed E-state index contributed by atoms with van der Waals surface area (Å²) in [6.07, 6.45) is 0. The van der Waals surface area contributed by atoms with E-state index in [0.29, 0.717) is 6.54 Å². The number of carbonyl (C=O) groups is 2. The second kappa shape index (κ2) is 8.66. The first-order valence-corrected chi connectivity index (χ1v) is 6.95. The molecule has 0 bridgehead atoms. The highest BCUT2D eigenvalue weighted by atomic mass is 79.9. The molecule has 0 heterocycles. The average molecular weight is 329 g/mol. The van der Waals surface area contributed by atoms with Crippen molar-refractivity contribution in [1.29, 1.82) is 0 Å². The lowest BCUT2D eigenvalue weighted by molar-refractivity contribution is -0.129. The number of amides is 2. The summed E-state index contributed by atoms with van der Waals surface area (Å²) >= 11 is 3.03. The zero-order valence-electron chi connectivity index (χ0n) is 10.7. The number of halogens is 1. The van der Waals surface area contributed by atoms with Crippen LogP contribution in [0.3, 0.4) is 0 Å². The van der Waals surface area contributed by atoms with Crippen LogP contribution in [0.15, 0.2) is 30.3 Å². The van der Waals surface area contributed by atoms with Crippen molar-refractivity contribution in [3.63, 3.8) is 0 Å². The molecule has 0 aliphatic heterocycles. The lowest BCUT2D eigenvalue weighted by Gasteiger charge is -2.17. The molecule has 1 rings (SSSR count). The predicted molar refractivity (Wildman–Crippen MR) is 75.9 cm³/mol. The lowest BCUT2D eigenvalue weighted by atomic mass is 10.2. The van der Waals surface area contributed by atoms with Gasteiger partial charge in [0.25, 0.3) is 0 Å². The molecule has 1 aromatic carbocycles. The molecule has 2 amide bonds. The third kappa shape index (κ3) is 5.85. The zero-order chi connectivity index (χ0) is 14.1. The smallest absolute Gasteiger partial charge is 0.245 e. The highest BCUT2D eigenvalue weighted by Crippen LogP contribution is 1.98. The summed E-state index contributed by atoms with van der Waals surface area (Å²) in [5, 5.41) is 5.50. The second-order valence-corrected chi connectivity index (χ2v) is 4.47. The highest BCUT2D eigenvalue weighted by Gasteiger charge is 2.19. The highest BCUT2D eigenvalue weighted by molar-refractivity contribution is 9.09. The Labute approximate surface area is 120 Å². The molecule has 0 unspecified atom stereocenters. The van der Waals surface area contributed by atoms with Gasteiger partial charge in [-0.3, -0.25) is 9.59 Å². The number of nitrogens with one attached hydrogen (secondary N) is 2. The Morgan fingerprint density at radius 2 is 2.00 bits per heavy atom. The van der Waals surface area contributed by atoms with Crippen LogP contribution in [0, 0.1) is 0 Å². The Kier molecular flexibility index (Phi) is 7.14. The van der Waals surface area contributed by atoms with Crippen molar-refractivity contribution in [2.75, 3.05) is 19.0 Å². The van der Waals surface area contributed by atoms with E-state index >= 15 is 0 Å². The van der Waals surface area contributed by atoms with E-state index < -0.39 is 6.04 Å². The third-order valence-corrected chi connectivity index (χ3v) is 2.93. The van der Waals surface area contributed by atoms with E-state index in [4.69, 9.17) is 4.74 Å². The van der Waals surface area contributed by atoms with Crippen LogP contribution in [0.4, 0.5) is 0 Å². The van der Waals surface area contributed by atoms with Crippen LogP contribution in [0.25, 0.3) is 0 Å². The minimum Gasteiger partial charge on any atom is -0.382 e. The van der Waals surface area contributed by atoms with E-state index in [0.717, 1.165) is 5.56 Å². The minimum absolute atomic E-state index is 0.138. The molecule has 0 radical (unpaired) electrons. The first kappa shape index (κ1) is 15.7. The van der Waals surface area contributed by atoms with Crippen molar-refractivity contribution < 1.29 is 14.3 Å². The van der Waals surface area contributed by atoms with Gasteiger partial charge in [0.2, 0.25) is 11.8 Å². The van der Waals surface area contributed by atoms with E-state index in [-0.39, 0.29) is 23.8 Å². The number of hydrogen-bond donors (Lipinski definition) is 2. The molecule has 19 heavy (non-hydrogen) atoms. The molecule has 1 aromatic rings. The summed E-state index contributed by atoms with van der Waals surface area (Å²) in [5.74, 6) is -0.517. The molecule has 0 aliphatic rings. The molecule has 0 fully saturated rings. The molecule has 5 nitrogen and oxygen atoms in total. The van der Waals surface area contributed by atoms with Gasteiger partial charge in [0, 0.05) is 13.7 Å². The predicted octanol–water partition coefficient (Wildman–Crippen LogP) is 0.829. The molecular weight excluding hydrogens is 312 g/mol. The van der Waals surface area contributed by atoms with Crippen LogP contribution < -0.4 is 10.6 Å². The van der Waals surface area contributed by atoms with E-state index in [1.165, 1.54) is 7.11 Å². The van der Waals surface area contributed by atoms with Crippen molar-refractivity contribution in [2.24, 2.45) is 0 Å². The molecule has 0 saturated carbocycles. The number of hydrogen-bond acceptors (Lipinski definition) is 3. The fourth-order valence-electron chi connectivity index (χ4n) is 1.49. The van der Waals surface area contributed by atoms with Gasteiger partial charge in [0.05, 0.1) is 11.9 Å². The standard InChI is InChI=1S/C13H17BrN2O3/c1-19-9-11(16-12(17)7-14)13(18)15-8-10-5-3-2-4-6-10/h2-6,11H,7-9H2,1H3,(H,15,18)(H,16,17)/t11-/m0/s1. The number of benzene rings is 1. The van der Waals surface area contributed by atoms with Gasteiger partial charge < -0.3 is 15.4 Å². The third-order valence-electron chi connectivity index (χ3n) is 2.42. The summed E-state index contributed by atoms with van der Waals surface area (Å²) in [6, 6.07) is 8.88. The largest absolute Gasteiger partial charge is 0.382 e. The van der Waals surface area contributed by atoms with Crippen molar-refractivity contribution >= 4 is 27.7 Å². The van der Waals surface area contributed by atoms with E-state index in [1.807, 2.05) is 30.3 Å². The van der Waals surface area contributed by atoms with Crippen LogP contribution >= 0.6 is 15.9 Å². The molecule has 104 valence electrons. The molecule has 2 N–H and O–H groups in total. The number of rotatable bonds is 7. The Bertz CT molecular complexity index is 412. The molecule has 0 aliphatic carbocycles. The normalized spacial score (nSPS) is 11.7. The van der Waals surface area contributed by atoms with E-state index in [1.54, 1.807) is 0 Å². The van der Waals surface area contributed by atoms with Crippen molar-refractivity contribution in [1.82, 2.24) is 10.6 Å². The maximum Gasteiger partial charge on any atom is 0.245 e. The van der Waals surface area contributed by atoms with Gasteiger partial charge in [-0.1, -0.05) is 46.3 Å². The first-order chi connectivity index (χ1) is 9.17. The summed E-state index contributed by atoms with van der Waals surface area (Å²) in [5.41, 5.74) is 0.999. The molecular formula is C13H17BrN2O3. The fourth-order valence-corrected chi connectivity index (χ4v) is 1.65. The summed E-state index contributed by atoms with van der Waals surface area (Å²) < 4.78 is 4.93. The fraction of sp³-hybridized carbons (Fsp3) is 0.385. The van der Waals surface area contributed by atoms with Crippen LogP contribution in [-0.2, 0) is 20.9 Å². The molecule has 0 saturated heterocycles. The lowest BCUT2D eigenvalue weighted by Crippen LogP contribution is -2.49. The van der Waals surface area contributed by atoms with Crippen molar-refractivity contribution in [2.45, 2.75) is 12.6 Å². The maximum atomic E-state index is 11.9. The zero-order valence-corrected chi connectivity index (χ0v) is 12.3. The van der Waals surface area contributed by atoms with Gasteiger partial charge in [-0.05, 0) is 5.56 Å². The monoisotopic (exact) mass is 328 g/mol. The van der Waals surface area contributed by atoms with Crippen LogP contribution in [0.5, 0.6) is 0 Å². The minimum atomic E-state index is -0.682. The number of alkyl halides is 1. The summed E-state index contributed by atoms with van der Waals surface area (Å²) in [4.78, 5) is 23.2. The molecule has 6 heteroatoms. The Morgan fingerprint density at radius 1 is 1.32 bits per heavy atom. The van der Waals surface area contributed by atoms with Gasteiger partial charge in [0.1, 0.15) is 6.04 Å². The first-order valence-electron chi connectivity index (χ1n) is 5.83. The summed E-state index contributed by atoms with van der Waals surface area (Å²) in [7, 11) is 1.48. The second-order valence-electron chi connectivity index (χ2n) is 3.91. The average Bonchev–Trinajstić information content (AvgIpc) is 2.45. The number of ether oxygens (including phenoxy) is 1. The SMILES string of the molecule is COC[C@H](NC(=O)CBr)C(=O)NCc1ccccc1. The molecule has 1 atom stereocenters. The van der Waals surface area contributed by atoms with Crippen LogP contribution in [-0.4, -0.2) is 36.9 Å². The Balaban J connectivity index is 2.50. The Hall–Kier alpha value is -1.40. The van der Waals surface area contributed by atoms with Gasteiger partial charge in [0.15, 0.2) is 0 Å². The maximum absolute atomic E-state index is 11.9. The van der Waals surface area contributed by atoms with E-state index in [2.05, 4.69) is 26.6 Å². The van der Waals surface area contributed by atoms with Crippen molar-refractivity contribution in [3.8, 4) is 0 Å². The molecule has 0 aromatic heterocycles. The van der Waals surface area contributed by atoms with Crippen LogP contribution in [0.1, 0.15) is 5.56 Å². The summed E-state index contributed by atoms with van der Waals surface area (Å²) in [6.45, 7) is 0.559. The van der Waals surface area contributed by atoms with Crippen LogP contribution in [0.2, 0.25) is 0 Å². The Morgan fingerprint density at radius 3 is 2.58 bits per heavy atom. The van der Waals surface area contributed by atoms with Gasteiger partial charge in [-0.2, -0.15) is 0 Å². The van der Waals surface area contributed by atoms with E-state index in [9.17, 15) is 9.59 Å². The topological polar surface area (TPSA) is 67.4 Å². The number of methoxy groups -OCH3 is 1.